The summed E-state index contributed by atoms with van der Waals surface area (Å²) in [5.74, 6) is 0. The first-order chi connectivity index (χ1) is 9.25. The molecule has 1 radical (unpaired) electrons. The first-order valence-corrected chi connectivity index (χ1v) is 7.15. The second-order valence-electron chi connectivity index (χ2n) is 3.87. The average molecular weight is 306 g/mol. The van der Waals surface area contributed by atoms with Gasteiger partial charge in [-0.2, -0.15) is 13.2 Å². The number of hydrogen-bond donors (Lipinski definition) is 0. The van der Waals surface area contributed by atoms with Crippen LogP contribution in [0.5, 0.6) is 0 Å². The highest BCUT2D eigenvalue weighted by Gasteiger charge is 2.32. The molecular weight excluding hydrogens is 294 g/mol. The quantitative estimate of drug-likeness (QED) is 0.483. The Hall–Kier alpha value is -1.70. The number of allylic oxidation sites excluding steroid dienone is 1. The maximum absolute atomic E-state index is 13.2. The van der Waals surface area contributed by atoms with Gasteiger partial charge in [-0.05, 0) is 24.6 Å². The predicted molar refractivity (Wildman–Crippen MR) is 67.1 cm³/mol. The zero-order valence-corrected chi connectivity index (χ0v) is 11.8. The van der Waals surface area contributed by atoms with E-state index in [0.29, 0.717) is 5.56 Å². The number of aryl methyl sites for hydroxylation is 1. The molecule has 0 amide bonds. The van der Waals surface area contributed by atoms with Crippen molar-refractivity contribution in [2.24, 2.45) is 0 Å². The van der Waals surface area contributed by atoms with Gasteiger partial charge in [0.2, 0.25) is 0 Å². The van der Waals surface area contributed by atoms with Gasteiger partial charge in [0.05, 0.1) is 7.11 Å². The Morgan fingerprint density at radius 2 is 2.10 bits per heavy atom. The van der Waals surface area contributed by atoms with E-state index in [1.807, 2.05) is 0 Å². The standard InChI is InChI=1S/C12H12F4NO2Si/c1-8-9(4-3-7-20(16)11(18)19-2)5-6-10(17-8)12(13,14)15/h3-6H,7H2,1-2H3/b4-3+. The number of hydrogen-bond acceptors (Lipinski definition) is 3. The summed E-state index contributed by atoms with van der Waals surface area (Å²) in [6.07, 6.45) is -1.66. The molecule has 1 aromatic rings. The Morgan fingerprint density at radius 3 is 2.60 bits per heavy atom. The monoisotopic (exact) mass is 306 g/mol. The predicted octanol–water partition coefficient (Wildman–Crippen LogP) is 3.73. The Balaban J connectivity index is 2.77. The Kier molecular flexibility index (Phi) is 5.43. The van der Waals surface area contributed by atoms with Crippen molar-refractivity contribution in [2.75, 3.05) is 7.11 Å². The largest absolute Gasteiger partial charge is 0.471 e. The third-order valence-corrected chi connectivity index (χ3v) is 3.66. The number of carbonyl (C=O) groups excluding carboxylic acids is 1. The van der Waals surface area contributed by atoms with Gasteiger partial charge in [-0.25, -0.2) is 4.98 Å². The highest BCUT2D eigenvalue weighted by Crippen LogP contribution is 2.28. The molecule has 0 saturated carbocycles. The van der Waals surface area contributed by atoms with Gasteiger partial charge in [-0.3, -0.25) is 8.90 Å². The highest BCUT2D eigenvalue weighted by molar-refractivity contribution is 6.83. The lowest BCUT2D eigenvalue weighted by Crippen LogP contribution is -2.19. The zero-order valence-electron chi connectivity index (χ0n) is 10.8. The van der Waals surface area contributed by atoms with Crippen LogP contribution < -0.4 is 0 Å². The molecule has 109 valence electrons. The van der Waals surface area contributed by atoms with E-state index in [1.54, 1.807) is 0 Å². The van der Waals surface area contributed by atoms with Crippen LogP contribution in [0.1, 0.15) is 17.0 Å². The second kappa shape index (κ2) is 6.64. The molecule has 1 aromatic heterocycles. The maximum Gasteiger partial charge on any atom is 0.433 e. The molecule has 1 heterocycles. The number of alkyl halides is 3. The fourth-order valence-corrected chi connectivity index (χ4v) is 2.10. The molecule has 0 aliphatic rings. The molecule has 0 aromatic carbocycles. The first kappa shape index (κ1) is 16.4. The van der Waals surface area contributed by atoms with Crippen molar-refractivity contribution in [1.82, 2.24) is 4.98 Å². The molecule has 0 unspecified atom stereocenters. The van der Waals surface area contributed by atoms with E-state index in [1.165, 1.54) is 25.1 Å². The topological polar surface area (TPSA) is 39.2 Å². The molecule has 0 atom stereocenters. The minimum Gasteiger partial charge on any atom is -0.471 e. The Bertz CT molecular complexity index is 517. The van der Waals surface area contributed by atoms with Crippen LogP contribution in [0.2, 0.25) is 6.04 Å². The van der Waals surface area contributed by atoms with Gasteiger partial charge in [0.15, 0.2) is 0 Å². The van der Waals surface area contributed by atoms with E-state index in [0.717, 1.165) is 13.2 Å². The van der Waals surface area contributed by atoms with Crippen LogP contribution in [0, 0.1) is 6.92 Å². The lowest BCUT2D eigenvalue weighted by atomic mass is 10.1. The van der Waals surface area contributed by atoms with E-state index in [-0.39, 0.29) is 11.7 Å². The first-order valence-electron chi connectivity index (χ1n) is 5.56. The van der Waals surface area contributed by atoms with Crippen molar-refractivity contribution in [1.29, 1.82) is 0 Å². The summed E-state index contributed by atoms with van der Waals surface area (Å²) in [7, 11) is -1.68. The number of methoxy groups -OCH3 is 1. The average Bonchev–Trinajstić information content (AvgIpc) is 2.38. The molecule has 0 saturated heterocycles. The molecule has 0 fully saturated rings. The maximum atomic E-state index is 13.2. The zero-order chi connectivity index (χ0) is 15.3. The van der Waals surface area contributed by atoms with Crippen molar-refractivity contribution in [3.05, 3.63) is 35.2 Å². The summed E-state index contributed by atoms with van der Waals surface area (Å²) in [5, 5.41) is 0. The Morgan fingerprint density at radius 1 is 1.45 bits per heavy atom. The third kappa shape index (κ3) is 4.44. The van der Waals surface area contributed by atoms with Gasteiger partial charge in [-0.1, -0.05) is 18.2 Å². The van der Waals surface area contributed by atoms with E-state index >= 15 is 0 Å². The SMILES string of the molecule is COC(=O)[Si](F)C/C=C/c1ccc(C(F)(F)F)nc1C. The number of carbonyl (C=O) groups is 1. The number of aromatic nitrogens is 1. The van der Waals surface area contributed by atoms with Crippen molar-refractivity contribution in [3.63, 3.8) is 0 Å². The summed E-state index contributed by atoms with van der Waals surface area (Å²) in [5.41, 5.74) is -1.24. The fraction of sp³-hybridized carbons (Fsp3) is 0.333. The van der Waals surface area contributed by atoms with Gasteiger partial charge >= 0.3 is 20.9 Å². The molecule has 0 aliphatic carbocycles. The molecular formula is C12H12F4NO2Si. The summed E-state index contributed by atoms with van der Waals surface area (Å²) in [6, 6.07) is 2.00. The van der Waals surface area contributed by atoms with E-state index < -0.39 is 26.6 Å². The normalized spacial score (nSPS) is 12.2. The molecule has 0 aliphatic heterocycles. The van der Waals surface area contributed by atoms with Crippen LogP contribution in [-0.4, -0.2) is 26.8 Å². The minimum absolute atomic E-state index is 0.113. The number of nitrogens with zero attached hydrogens (tertiary/aromatic N) is 1. The van der Waals surface area contributed by atoms with Crippen molar-refractivity contribution >= 4 is 20.8 Å². The van der Waals surface area contributed by atoms with E-state index in [9.17, 15) is 22.1 Å². The number of rotatable bonds is 4. The van der Waals surface area contributed by atoms with Gasteiger partial charge in [-0.15, -0.1) is 0 Å². The summed E-state index contributed by atoms with van der Waals surface area (Å²) >= 11 is 0. The van der Waals surface area contributed by atoms with Crippen LogP contribution in [0.15, 0.2) is 18.2 Å². The van der Waals surface area contributed by atoms with Gasteiger partial charge in [0.1, 0.15) is 5.69 Å². The molecule has 8 heteroatoms. The lowest BCUT2D eigenvalue weighted by molar-refractivity contribution is -0.141. The van der Waals surface area contributed by atoms with Crippen LogP contribution in [0.3, 0.4) is 0 Å². The summed E-state index contributed by atoms with van der Waals surface area (Å²) < 4.78 is 54.7. The van der Waals surface area contributed by atoms with Crippen molar-refractivity contribution in [2.45, 2.75) is 19.1 Å². The smallest absolute Gasteiger partial charge is 0.433 e. The van der Waals surface area contributed by atoms with Crippen molar-refractivity contribution < 1.29 is 26.8 Å². The molecule has 1 rings (SSSR count). The number of ether oxygens (including phenoxy) is 1. The lowest BCUT2D eigenvalue weighted by Gasteiger charge is -2.07. The van der Waals surface area contributed by atoms with Crippen LogP contribution in [0.25, 0.3) is 6.08 Å². The van der Waals surface area contributed by atoms with E-state index in [2.05, 4.69) is 9.72 Å². The summed E-state index contributed by atoms with van der Waals surface area (Å²) in [4.78, 5) is 14.3. The number of halogens is 4. The minimum atomic E-state index is -4.49. The van der Waals surface area contributed by atoms with E-state index in [4.69, 9.17) is 0 Å². The van der Waals surface area contributed by atoms with Crippen LogP contribution in [0.4, 0.5) is 22.1 Å². The van der Waals surface area contributed by atoms with Crippen LogP contribution >= 0.6 is 0 Å². The molecule has 0 spiro atoms. The molecule has 0 N–H and O–H groups in total. The highest BCUT2D eigenvalue weighted by atomic mass is 28.3. The Labute approximate surface area is 115 Å². The molecule has 3 nitrogen and oxygen atoms in total. The van der Waals surface area contributed by atoms with Gasteiger partial charge in [0, 0.05) is 5.69 Å². The third-order valence-electron chi connectivity index (χ3n) is 2.42. The van der Waals surface area contributed by atoms with Crippen LogP contribution in [-0.2, 0) is 10.9 Å². The van der Waals surface area contributed by atoms with Crippen molar-refractivity contribution in [3.8, 4) is 0 Å². The van der Waals surface area contributed by atoms with Gasteiger partial charge in [0.25, 0.3) is 0 Å². The summed E-state index contributed by atoms with van der Waals surface area (Å²) in [6.45, 7) is 1.43. The fourth-order valence-electron chi connectivity index (χ4n) is 1.39. The second-order valence-corrected chi connectivity index (χ2v) is 5.50. The van der Waals surface area contributed by atoms with Gasteiger partial charge < -0.3 is 4.74 Å². The molecule has 0 bridgehead atoms. The molecule has 20 heavy (non-hydrogen) atoms. The number of pyridine rings is 1.